The first-order chi connectivity index (χ1) is 5.77. The predicted molar refractivity (Wildman–Crippen MR) is 41.4 cm³/mol. The largest absolute Gasteiger partial charge is 0.375 e. The molecule has 0 bridgehead atoms. The number of hydrogen-bond donors (Lipinski definition) is 0. The van der Waals surface area contributed by atoms with Gasteiger partial charge in [0.1, 0.15) is 6.61 Å². The maximum absolute atomic E-state index is 11.0. The first kappa shape index (κ1) is 8.83. The average Bonchev–Trinajstić information content (AvgIpc) is 1.96. The Hall–Kier alpha value is -1.26. The Labute approximate surface area is 69.7 Å². The van der Waals surface area contributed by atoms with Crippen LogP contribution in [0.3, 0.4) is 0 Å². The van der Waals surface area contributed by atoms with Crippen molar-refractivity contribution in [3.8, 4) is 0 Å². The van der Waals surface area contributed by atoms with Crippen molar-refractivity contribution in [2.24, 2.45) is 5.11 Å². The Morgan fingerprint density at radius 3 is 3.00 bits per heavy atom. The lowest BCUT2D eigenvalue weighted by molar-refractivity contribution is -0.139. The van der Waals surface area contributed by atoms with Crippen molar-refractivity contribution in [3.05, 3.63) is 10.4 Å². The Balaban J connectivity index is 2.24. The third kappa shape index (κ3) is 1.87. The third-order valence-electron chi connectivity index (χ3n) is 1.70. The second-order valence-corrected chi connectivity index (χ2v) is 2.59. The molecule has 0 aromatic carbocycles. The quantitative estimate of drug-likeness (QED) is 0.343. The van der Waals surface area contributed by atoms with Gasteiger partial charge in [0.25, 0.3) is 0 Å². The van der Waals surface area contributed by atoms with Crippen molar-refractivity contribution in [2.45, 2.75) is 6.04 Å². The third-order valence-corrected chi connectivity index (χ3v) is 1.70. The van der Waals surface area contributed by atoms with Crippen LogP contribution in [-0.4, -0.2) is 43.7 Å². The van der Waals surface area contributed by atoms with Gasteiger partial charge >= 0.3 is 0 Å². The highest BCUT2D eigenvalue weighted by atomic mass is 16.5. The van der Waals surface area contributed by atoms with E-state index in [2.05, 4.69) is 14.8 Å². The van der Waals surface area contributed by atoms with Crippen LogP contribution in [0, 0.1) is 0 Å². The fraction of sp³-hybridized carbons (Fsp3) is 0.833. The van der Waals surface area contributed by atoms with Crippen LogP contribution in [0.25, 0.3) is 10.4 Å². The Bertz CT molecular complexity index is 218. The fourth-order valence-corrected chi connectivity index (χ4v) is 1.02. The first-order valence-corrected chi connectivity index (χ1v) is 3.59. The normalized spacial score (nSPS) is 16.6. The Kier molecular flexibility index (Phi) is 2.90. The summed E-state index contributed by atoms with van der Waals surface area (Å²) in [6, 6.07) is -0.0455. The summed E-state index contributed by atoms with van der Waals surface area (Å²) in [6.07, 6.45) is 0. The molecule has 1 aliphatic heterocycles. The number of likely N-dealkylation sites (tertiary alicyclic amines) is 1. The molecule has 1 amide bonds. The van der Waals surface area contributed by atoms with Gasteiger partial charge in [-0.1, -0.05) is 5.11 Å². The summed E-state index contributed by atoms with van der Waals surface area (Å²) in [6.45, 7) is 1.14. The van der Waals surface area contributed by atoms with E-state index in [1.54, 1.807) is 4.90 Å². The smallest absolute Gasteiger partial charge is 0.248 e. The van der Waals surface area contributed by atoms with Gasteiger partial charge in [-0.05, 0) is 5.53 Å². The molecular weight excluding hydrogens is 160 g/mol. The second-order valence-electron chi connectivity index (χ2n) is 2.59. The molecule has 1 rings (SSSR count). The van der Waals surface area contributed by atoms with E-state index in [4.69, 9.17) is 5.53 Å². The monoisotopic (exact) mass is 170 g/mol. The molecule has 0 aliphatic carbocycles. The van der Waals surface area contributed by atoms with Gasteiger partial charge < -0.3 is 9.64 Å². The van der Waals surface area contributed by atoms with Crippen molar-refractivity contribution >= 4 is 5.91 Å². The number of hydrogen-bond acceptors (Lipinski definition) is 3. The molecule has 0 spiro atoms. The zero-order valence-corrected chi connectivity index (χ0v) is 6.80. The molecule has 0 atom stereocenters. The van der Waals surface area contributed by atoms with Crippen LogP contribution in [-0.2, 0) is 9.53 Å². The molecule has 0 saturated carbocycles. The summed E-state index contributed by atoms with van der Waals surface area (Å²) in [5.41, 5.74) is 8.06. The van der Waals surface area contributed by atoms with E-state index in [0.29, 0.717) is 13.1 Å². The number of rotatable bonds is 3. The SMILES string of the molecule is COCC(=O)N1CC(N=[N+]=[N-])C1. The van der Waals surface area contributed by atoms with Crippen molar-refractivity contribution in [3.63, 3.8) is 0 Å². The number of nitrogens with zero attached hydrogens (tertiary/aromatic N) is 4. The van der Waals surface area contributed by atoms with E-state index in [9.17, 15) is 4.79 Å². The number of carbonyl (C=O) groups excluding carboxylic acids is 1. The van der Waals surface area contributed by atoms with E-state index in [1.807, 2.05) is 0 Å². The van der Waals surface area contributed by atoms with E-state index < -0.39 is 0 Å². The minimum atomic E-state index is -0.0538. The molecule has 6 heteroatoms. The molecule has 0 N–H and O–H groups in total. The van der Waals surface area contributed by atoms with Crippen molar-refractivity contribution in [2.75, 3.05) is 26.8 Å². The topological polar surface area (TPSA) is 78.3 Å². The number of amides is 1. The zero-order chi connectivity index (χ0) is 8.97. The van der Waals surface area contributed by atoms with Gasteiger partial charge in [0, 0.05) is 25.1 Å². The molecule has 1 heterocycles. The van der Waals surface area contributed by atoms with Gasteiger partial charge in [-0.15, -0.1) is 0 Å². The number of methoxy groups -OCH3 is 1. The Morgan fingerprint density at radius 2 is 2.50 bits per heavy atom. The van der Waals surface area contributed by atoms with Gasteiger partial charge in [-0.2, -0.15) is 0 Å². The average molecular weight is 170 g/mol. The van der Waals surface area contributed by atoms with Crippen LogP contribution >= 0.6 is 0 Å². The summed E-state index contributed by atoms with van der Waals surface area (Å²) in [5.74, 6) is -0.0538. The lowest BCUT2D eigenvalue weighted by Gasteiger charge is -2.36. The first-order valence-electron chi connectivity index (χ1n) is 3.59. The van der Waals surface area contributed by atoms with E-state index >= 15 is 0 Å². The summed E-state index contributed by atoms with van der Waals surface area (Å²) in [5, 5.41) is 3.47. The lowest BCUT2D eigenvalue weighted by atomic mass is 10.1. The molecular formula is C6H10N4O2. The van der Waals surface area contributed by atoms with E-state index in [0.717, 1.165) is 0 Å². The molecule has 6 nitrogen and oxygen atoms in total. The number of carbonyl (C=O) groups is 1. The van der Waals surface area contributed by atoms with Gasteiger partial charge in [-0.3, -0.25) is 4.79 Å². The molecule has 1 saturated heterocycles. The summed E-state index contributed by atoms with van der Waals surface area (Å²) >= 11 is 0. The molecule has 1 fully saturated rings. The van der Waals surface area contributed by atoms with Crippen molar-refractivity contribution < 1.29 is 9.53 Å². The number of ether oxygens (including phenoxy) is 1. The predicted octanol–water partition coefficient (Wildman–Crippen LogP) is 0.154. The van der Waals surface area contributed by atoms with Crippen molar-refractivity contribution in [1.82, 2.24) is 4.90 Å². The molecule has 1 aliphatic rings. The highest BCUT2D eigenvalue weighted by Crippen LogP contribution is 2.11. The minimum Gasteiger partial charge on any atom is -0.375 e. The molecule has 0 aromatic heterocycles. The van der Waals surface area contributed by atoms with E-state index in [-0.39, 0.29) is 18.6 Å². The van der Waals surface area contributed by atoms with Crippen LogP contribution < -0.4 is 0 Å². The second kappa shape index (κ2) is 3.94. The summed E-state index contributed by atoms with van der Waals surface area (Å²) in [7, 11) is 1.47. The highest BCUT2D eigenvalue weighted by Gasteiger charge is 2.29. The molecule has 0 unspecified atom stereocenters. The van der Waals surface area contributed by atoms with Crippen LogP contribution in [0.2, 0.25) is 0 Å². The van der Waals surface area contributed by atoms with Gasteiger partial charge in [0.05, 0.1) is 6.04 Å². The molecule has 12 heavy (non-hydrogen) atoms. The number of azide groups is 1. The standard InChI is InChI=1S/C6H10N4O2/c1-12-4-6(11)10-2-5(3-10)8-9-7/h5H,2-4H2,1H3. The summed E-state index contributed by atoms with van der Waals surface area (Å²) < 4.78 is 4.66. The van der Waals surface area contributed by atoms with Gasteiger partial charge in [-0.25, -0.2) is 0 Å². The lowest BCUT2D eigenvalue weighted by Crippen LogP contribution is -2.53. The van der Waals surface area contributed by atoms with Gasteiger partial charge in [0.15, 0.2) is 0 Å². The Morgan fingerprint density at radius 1 is 1.83 bits per heavy atom. The maximum atomic E-state index is 11.0. The van der Waals surface area contributed by atoms with E-state index in [1.165, 1.54) is 7.11 Å². The summed E-state index contributed by atoms with van der Waals surface area (Å²) in [4.78, 5) is 15.3. The van der Waals surface area contributed by atoms with Crippen molar-refractivity contribution in [1.29, 1.82) is 0 Å². The minimum absolute atomic E-state index is 0.0455. The zero-order valence-electron chi connectivity index (χ0n) is 6.80. The molecule has 66 valence electrons. The maximum Gasteiger partial charge on any atom is 0.248 e. The fourth-order valence-electron chi connectivity index (χ4n) is 1.02. The van der Waals surface area contributed by atoms with Gasteiger partial charge in [0.2, 0.25) is 5.91 Å². The highest BCUT2D eigenvalue weighted by molar-refractivity contribution is 5.78. The van der Waals surface area contributed by atoms with Crippen LogP contribution in [0.1, 0.15) is 0 Å². The van der Waals surface area contributed by atoms with Crippen LogP contribution in [0.4, 0.5) is 0 Å². The molecule has 0 radical (unpaired) electrons. The van der Waals surface area contributed by atoms with Crippen LogP contribution in [0.5, 0.6) is 0 Å². The van der Waals surface area contributed by atoms with Crippen LogP contribution in [0.15, 0.2) is 5.11 Å². The molecule has 0 aromatic rings.